The number of aromatic amines is 1. The Morgan fingerprint density at radius 1 is 0.895 bits per heavy atom. The van der Waals surface area contributed by atoms with Gasteiger partial charge in [0.25, 0.3) is 5.56 Å². The maximum atomic E-state index is 13.9. The number of nitrogens with zero attached hydrogens (tertiary/aromatic N) is 3. The summed E-state index contributed by atoms with van der Waals surface area (Å²) in [5, 5.41) is 3.85. The lowest BCUT2D eigenvalue weighted by Gasteiger charge is -2.17. The van der Waals surface area contributed by atoms with Gasteiger partial charge in [0.2, 0.25) is 0 Å². The average molecular weight is 507 g/mol. The zero-order chi connectivity index (χ0) is 26.6. The van der Waals surface area contributed by atoms with E-state index in [4.69, 9.17) is 9.51 Å². The molecule has 7 nitrogen and oxygen atoms in total. The number of nitrogens with one attached hydrogen (secondary N) is 1. The number of benzene rings is 3. The minimum absolute atomic E-state index is 0.0117. The van der Waals surface area contributed by atoms with Crippen LogP contribution >= 0.6 is 0 Å². The second kappa shape index (κ2) is 10.8. The molecule has 0 bridgehead atoms. The molecule has 3 aromatic carbocycles. The van der Waals surface area contributed by atoms with Crippen molar-refractivity contribution in [1.29, 1.82) is 0 Å². The Bertz CT molecular complexity index is 1690. The van der Waals surface area contributed by atoms with Crippen molar-refractivity contribution >= 4 is 0 Å². The quantitative estimate of drug-likeness (QED) is 0.287. The number of aromatic nitrogens is 4. The zero-order valence-corrected chi connectivity index (χ0v) is 21.8. The molecule has 0 aliphatic carbocycles. The first kappa shape index (κ1) is 25.1. The molecular formula is C31H30N4O3. The van der Waals surface area contributed by atoms with Crippen molar-refractivity contribution in [2.75, 3.05) is 0 Å². The van der Waals surface area contributed by atoms with Gasteiger partial charge in [0, 0.05) is 17.5 Å². The van der Waals surface area contributed by atoms with Crippen LogP contribution in [0.25, 0.3) is 28.2 Å². The first-order valence-electron chi connectivity index (χ1n) is 12.9. The van der Waals surface area contributed by atoms with E-state index in [9.17, 15) is 9.59 Å². The highest BCUT2D eigenvalue weighted by molar-refractivity contribution is 5.80. The van der Waals surface area contributed by atoms with E-state index in [1.807, 2.05) is 86.6 Å². The van der Waals surface area contributed by atoms with E-state index in [1.54, 1.807) is 4.57 Å². The van der Waals surface area contributed by atoms with Crippen LogP contribution in [0.5, 0.6) is 0 Å². The summed E-state index contributed by atoms with van der Waals surface area (Å²) in [5.74, 6) is 0.502. The molecule has 0 saturated heterocycles. The summed E-state index contributed by atoms with van der Waals surface area (Å²) in [5.41, 5.74) is 7.19. The first-order valence-corrected chi connectivity index (χ1v) is 12.9. The van der Waals surface area contributed by atoms with Crippen LogP contribution in [-0.2, 0) is 12.8 Å². The number of aryl methyl sites for hydroxylation is 3. The van der Waals surface area contributed by atoms with Gasteiger partial charge in [-0.1, -0.05) is 85.2 Å². The van der Waals surface area contributed by atoms with E-state index >= 15 is 0 Å². The van der Waals surface area contributed by atoms with Gasteiger partial charge in [-0.3, -0.25) is 18.9 Å². The number of hydrogen-bond acceptors (Lipinski definition) is 5. The van der Waals surface area contributed by atoms with E-state index in [1.165, 1.54) is 0 Å². The molecule has 0 aliphatic heterocycles. The minimum atomic E-state index is -0.591. The maximum Gasteiger partial charge on any atom is 0.439 e. The van der Waals surface area contributed by atoms with Crippen molar-refractivity contribution in [3.63, 3.8) is 0 Å². The van der Waals surface area contributed by atoms with Crippen molar-refractivity contribution in [3.8, 4) is 28.2 Å². The highest BCUT2D eigenvalue weighted by Crippen LogP contribution is 2.30. The fraction of sp³-hybridized carbons (Fsp3) is 0.226. The summed E-state index contributed by atoms with van der Waals surface area (Å²) in [6, 6.07) is 23.7. The van der Waals surface area contributed by atoms with E-state index in [-0.39, 0.29) is 5.56 Å². The van der Waals surface area contributed by atoms with Crippen molar-refractivity contribution in [3.05, 3.63) is 122 Å². The fourth-order valence-corrected chi connectivity index (χ4v) is 4.84. The second-order valence-electron chi connectivity index (χ2n) is 9.48. The number of unbranched alkanes of at least 4 members (excludes halogenated alkanes) is 1. The Morgan fingerprint density at radius 3 is 2.29 bits per heavy atom. The molecule has 2 aromatic heterocycles. The molecule has 0 unspecified atom stereocenters. The number of H-pyrrole nitrogens is 1. The van der Waals surface area contributed by atoms with Gasteiger partial charge >= 0.3 is 5.76 Å². The highest BCUT2D eigenvalue weighted by Gasteiger charge is 2.18. The van der Waals surface area contributed by atoms with Gasteiger partial charge in [-0.25, -0.2) is 9.78 Å². The maximum absolute atomic E-state index is 13.9. The van der Waals surface area contributed by atoms with Crippen molar-refractivity contribution < 1.29 is 4.52 Å². The fourth-order valence-electron chi connectivity index (χ4n) is 4.84. The molecule has 0 fully saturated rings. The van der Waals surface area contributed by atoms with Gasteiger partial charge in [0.05, 0.1) is 11.4 Å². The predicted octanol–water partition coefficient (Wildman–Crippen LogP) is 5.79. The molecular weight excluding hydrogens is 476 g/mol. The summed E-state index contributed by atoms with van der Waals surface area (Å²) in [4.78, 5) is 32.9. The molecule has 5 aromatic rings. The average Bonchev–Trinajstić information content (AvgIpc) is 3.37. The molecule has 192 valence electrons. The standard InChI is InChI=1S/C31H30N4O3/c1-4-5-13-27-26(30(36)35(21(3)32-27)28-14-9-6-10-20(28)2)19-22-15-17-23(18-16-22)24-11-7-8-12-25(24)29-33-31(37)38-34-29/h6-12,14-18H,4-5,13,19H2,1-3H3,(H,33,34,37). The Labute approximate surface area is 220 Å². The monoisotopic (exact) mass is 506 g/mol. The van der Waals surface area contributed by atoms with E-state index in [0.29, 0.717) is 18.1 Å². The van der Waals surface area contributed by atoms with E-state index in [2.05, 4.69) is 17.1 Å². The van der Waals surface area contributed by atoms with Crippen LogP contribution < -0.4 is 11.3 Å². The molecule has 0 spiro atoms. The van der Waals surface area contributed by atoms with Crippen LogP contribution in [0.15, 0.2) is 86.9 Å². The van der Waals surface area contributed by atoms with Gasteiger partial charge in [-0.2, -0.15) is 0 Å². The van der Waals surface area contributed by atoms with Gasteiger partial charge in [-0.05, 0) is 55.0 Å². The lowest BCUT2D eigenvalue weighted by Crippen LogP contribution is -2.28. The number of hydrogen-bond donors (Lipinski definition) is 1. The second-order valence-corrected chi connectivity index (χ2v) is 9.48. The van der Waals surface area contributed by atoms with E-state index in [0.717, 1.165) is 64.0 Å². The highest BCUT2D eigenvalue weighted by atomic mass is 16.5. The molecule has 2 heterocycles. The largest absolute Gasteiger partial charge is 0.439 e. The van der Waals surface area contributed by atoms with Gasteiger partial charge in [0.15, 0.2) is 5.82 Å². The normalized spacial score (nSPS) is 11.1. The lowest BCUT2D eigenvalue weighted by atomic mass is 9.96. The summed E-state index contributed by atoms with van der Waals surface area (Å²) >= 11 is 0. The van der Waals surface area contributed by atoms with Crippen LogP contribution in [0.1, 0.15) is 48.0 Å². The van der Waals surface area contributed by atoms with Gasteiger partial charge in [-0.15, -0.1) is 0 Å². The van der Waals surface area contributed by atoms with Crippen molar-refractivity contribution in [2.45, 2.75) is 46.5 Å². The van der Waals surface area contributed by atoms with Gasteiger partial charge in [0.1, 0.15) is 5.82 Å². The third-order valence-corrected chi connectivity index (χ3v) is 6.82. The first-order chi connectivity index (χ1) is 18.5. The van der Waals surface area contributed by atoms with Crippen LogP contribution in [0.2, 0.25) is 0 Å². The third-order valence-electron chi connectivity index (χ3n) is 6.82. The van der Waals surface area contributed by atoms with Crippen LogP contribution in [0.3, 0.4) is 0 Å². The number of rotatable bonds is 8. The number of para-hydroxylation sites is 1. The smallest absolute Gasteiger partial charge is 0.296 e. The zero-order valence-electron chi connectivity index (χ0n) is 21.8. The summed E-state index contributed by atoms with van der Waals surface area (Å²) in [7, 11) is 0. The Balaban J connectivity index is 1.53. The Morgan fingerprint density at radius 2 is 1.61 bits per heavy atom. The molecule has 0 aliphatic rings. The van der Waals surface area contributed by atoms with Crippen molar-refractivity contribution in [2.24, 2.45) is 0 Å². The summed E-state index contributed by atoms with van der Waals surface area (Å²) < 4.78 is 6.44. The molecule has 0 atom stereocenters. The Hall–Kier alpha value is -4.52. The topological polar surface area (TPSA) is 93.8 Å². The lowest BCUT2D eigenvalue weighted by molar-refractivity contribution is 0.388. The van der Waals surface area contributed by atoms with Gasteiger partial charge < -0.3 is 0 Å². The summed E-state index contributed by atoms with van der Waals surface area (Å²) in [6.07, 6.45) is 3.28. The SMILES string of the molecule is CCCCc1nc(C)n(-c2ccccc2C)c(=O)c1Cc1ccc(-c2ccccc2-c2noc(=O)[nH]2)cc1. The molecule has 38 heavy (non-hydrogen) atoms. The molecule has 0 amide bonds. The third kappa shape index (κ3) is 5.00. The molecule has 0 saturated carbocycles. The molecule has 0 radical (unpaired) electrons. The predicted molar refractivity (Wildman–Crippen MR) is 149 cm³/mol. The van der Waals surface area contributed by atoms with E-state index < -0.39 is 5.76 Å². The Kier molecular flexibility index (Phi) is 7.18. The molecule has 5 rings (SSSR count). The van der Waals surface area contributed by atoms with Crippen LogP contribution in [-0.4, -0.2) is 19.7 Å². The van der Waals surface area contributed by atoms with Crippen LogP contribution in [0, 0.1) is 13.8 Å². The summed E-state index contributed by atoms with van der Waals surface area (Å²) in [6.45, 7) is 6.06. The van der Waals surface area contributed by atoms with Crippen LogP contribution in [0.4, 0.5) is 0 Å². The molecule has 1 N–H and O–H groups in total. The van der Waals surface area contributed by atoms with Crippen molar-refractivity contribution in [1.82, 2.24) is 19.7 Å². The minimum Gasteiger partial charge on any atom is -0.296 e. The molecule has 7 heteroatoms.